The number of fused-ring (bicyclic) bond motifs is 1. The molecular weight excluding hydrogens is 403 g/mol. The van der Waals surface area contributed by atoms with Crippen molar-refractivity contribution in [3.8, 4) is 17.3 Å². The van der Waals surface area contributed by atoms with Gasteiger partial charge in [0.15, 0.2) is 5.65 Å². The van der Waals surface area contributed by atoms with E-state index in [1.54, 1.807) is 56.8 Å². The summed E-state index contributed by atoms with van der Waals surface area (Å²) in [6, 6.07) is 8.34. The summed E-state index contributed by atoms with van der Waals surface area (Å²) in [5, 5.41) is 7.49. The van der Waals surface area contributed by atoms with Crippen molar-refractivity contribution in [1.82, 2.24) is 24.5 Å². The molecule has 4 heterocycles. The molecule has 3 aromatic rings. The Bertz CT molecular complexity index is 1100. The van der Waals surface area contributed by atoms with Gasteiger partial charge in [0, 0.05) is 12.6 Å². The maximum absolute atomic E-state index is 14.6. The average Bonchev–Trinajstić information content (AvgIpc) is 3.30. The second-order valence-electron chi connectivity index (χ2n) is 8.35. The number of nitrogens with one attached hydrogen (secondary N) is 1. The molecule has 1 aliphatic heterocycles. The number of carbonyl (C=O) groups is 1. The fraction of sp³-hybridized carbons (Fsp3) is 0.429. The molecule has 0 unspecified atom stereocenters. The molecule has 0 radical (unpaired) electrons. The number of imidazole rings is 1. The Morgan fingerprint density at radius 3 is 2.77 bits per heavy atom. The summed E-state index contributed by atoms with van der Waals surface area (Å²) in [4.78, 5) is 22.6. The van der Waals surface area contributed by atoms with Crippen LogP contribution in [0.1, 0.15) is 20.8 Å². The summed E-state index contributed by atoms with van der Waals surface area (Å²) in [5.74, 6) is 0.948. The topological polar surface area (TPSA) is 93.9 Å². The Balaban J connectivity index is 1.51. The Labute approximate surface area is 179 Å². The van der Waals surface area contributed by atoms with Crippen LogP contribution in [0.15, 0.2) is 36.5 Å². The van der Waals surface area contributed by atoms with Crippen LogP contribution in [0.2, 0.25) is 0 Å². The molecule has 164 valence electrons. The summed E-state index contributed by atoms with van der Waals surface area (Å²) in [6.45, 7) is 5.51. The highest BCUT2D eigenvalue weighted by Crippen LogP contribution is 2.24. The Kier molecular flexibility index (Phi) is 5.38. The van der Waals surface area contributed by atoms with Crippen LogP contribution in [0.25, 0.3) is 17.0 Å². The third kappa shape index (κ3) is 4.52. The first-order valence-corrected chi connectivity index (χ1v) is 9.98. The molecule has 1 saturated heterocycles. The molecule has 31 heavy (non-hydrogen) atoms. The summed E-state index contributed by atoms with van der Waals surface area (Å²) < 4.78 is 26.8. The Hall–Kier alpha value is -3.43. The van der Waals surface area contributed by atoms with Crippen LogP contribution >= 0.6 is 0 Å². The molecule has 2 atom stereocenters. The highest BCUT2D eigenvalue weighted by atomic mass is 19.1. The van der Waals surface area contributed by atoms with Crippen molar-refractivity contribution < 1.29 is 18.7 Å². The number of halogens is 1. The highest BCUT2D eigenvalue weighted by molar-refractivity contribution is 5.69. The number of hydrogen-bond donors (Lipinski definition) is 1. The molecule has 1 fully saturated rings. The summed E-state index contributed by atoms with van der Waals surface area (Å²) in [7, 11) is 1.54. The lowest BCUT2D eigenvalue weighted by molar-refractivity contribution is 0.0283. The lowest BCUT2D eigenvalue weighted by Crippen LogP contribution is -2.36. The predicted octanol–water partition coefficient (Wildman–Crippen LogP) is 3.17. The third-order valence-electron chi connectivity index (χ3n) is 4.79. The van der Waals surface area contributed by atoms with Gasteiger partial charge in [0.2, 0.25) is 5.88 Å². The number of methoxy groups -OCH3 is 1. The summed E-state index contributed by atoms with van der Waals surface area (Å²) in [5.41, 5.74) is 1.32. The molecule has 0 bridgehead atoms. The number of hydrogen-bond acceptors (Lipinski definition) is 7. The number of pyridine rings is 1. The van der Waals surface area contributed by atoms with Crippen LogP contribution < -0.4 is 10.1 Å². The normalized spacial score (nSPS) is 18.9. The third-order valence-corrected chi connectivity index (χ3v) is 4.79. The lowest BCUT2D eigenvalue weighted by atomic mass is 10.2. The van der Waals surface area contributed by atoms with Gasteiger partial charge in [-0.2, -0.15) is 0 Å². The predicted molar refractivity (Wildman–Crippen MR) is 113 cm³/mol. The van der Waals surface area contributed by atoms with Crippen molar-refractivity contribution in [3.05, 3.63) is 36.5 Å². The maximum atomic E-state index is 14.6. The number of ether oxygens (including phenoxy) is 2. The van der Waals surface area contributed by atoms with E-state index >= 15 is 0 Å². The SMILES string of the molecule is COc1ccc2ncc(-c3cccc(N[C@H]4CN(C(=O)OC(C)(C)C)C[C@@H]4F)n3)n2n1. The van der Waals surface area contributed by atoms with Crippen molar-refractivity contribution in [2.45, 2.75) is 38.6 Å². The zero-order valence-corrected chi connectivity index (χ0v) is 17.9. The Morgan fingerprint density at radius 2 is 2.03 bits per heavy atom. The van der Waals surface area contributed by atoms with Crippen LogP contribution in [0.3, 0.4) is 0 Å². The Morgan fingerprint density at radius 1 is 1.23 bits per heavy atom. The van der Waals surface area contributed by atoms with Crippen molar-refractivity contribution >= 4 is 17.6 Å². The lowest BCUT2D eigenvalue weighted by Gasteiger charge is -2.24. The first-order valence-electron chi connectivity index (χ1n) is 9.98. The second-order valence-corrected chi connectivity index (χ2v) is 8.35. The van der Waals surface area contributed by atoms with Gasteiger partial charge >= 0.3 is 6.09 Å². The number of aromatic nitrogens is 4. The smallest absolute Gasteiger partial charge is 0.410 e. The number of anilines is 1. The van der Waals surface area contributed by atoms with Gasteiger partial charge in [-0.25, -0.2) is 23.7 Å². The molecule has 0 aliphatic carbocycles. The van der Waals surface area contributed by atoms with Crippen LogP contribution in [-0.4, -0.2) is 68.6 Å². The van der Waals surface area contributed by atoms with Crippen molar-refractivity contribution in [1.29, 1.82) is 0 Å². The van der Waals surface area contributed by atoms with E-state index in [0.717, 1.165) is 0 Å². The summed E-state index contributed by atoms with van der Waals surface area (Å²) in [6.07, 6.45) is -0.0855. The minimum absolute atomic E-state index is 0.0246. The van der Waals surface area contributed by atoms with Crippen LogP contribution in [0, 0.1) is 0 Å². The van der Waals surface area contributed by atoms with Crippen LogP contribution in [-0.2, 0) is 4.74 Å². The number of carbonyl (C=O) groups excluding carboxylic acids is 1. The van der Waals surface area contributed by atoms with E-state index in [4.69, 9.17) is 9.47 Å². The van der Waals surface area contributed by atoms with Crippen LogP contribution in [0.5, 0.6) is 5.88 Å². The zero-order valence-electron chi connectivity index (χ0n) is 17.9. The molecule has 0 saturated carbocycles. The van der Waals surface area contributed by atoms with Gasteiger partial charge in [-0.3, -0.25) is 0 Å². The molecular formula is C21H25FN6O3. The molecule has 4 rings (SSSR count). The van der Waals surface area contributed by atoms with Crippen molar-refractivity contribution in [2.75, 3.05) is 25.5 Å². The monoisotopic (exact) mass is 428 g/mol. The molecule has 0 aromatic carbocycles. The van der Waals surface area contributed by atoms with E-state index in [1.165, 1.54) is 4.90 Å². The minimum atomic E-state index is -1.24. The first kappa shape index (κ1) is 20.8. The molecule has 10 heteroatoms. The van der Waals surface area contributed by atoms with Crippen molar-refractivity contribution in [2.24, 2.45) is 0 Å². The van der Waals surface area contributed by atoms with Gasteiger partial charge in [-0.1, -0.05) is 6.07 Å². The quantitative estimate of drug-likeness (QED) is 0.682. The average molecular weight is 428 g/mol. The van der Waals surface area contributed by atoms with E-state index in [0.29, 0.717) is 28.7 Å². The number of rotatable bonds is 4. The summed E-state index contributed by atoms with van der Waals surface area (Å²) >= 11 is 0. The molecule has 3 aromatic heterocycles. The van der Waals surface area contributed by atoms with E-state index < -0.39 is 23.9 Å². The van der Waals surface area contributed by atoms with E-state index in [9.17, 15) is 9.18 Å². The largest absolute Gasteiger partial charge is 0.480 e. The highest BCUT2D eigenvalue weighted by Gasteiger charge is 2.37. The second kappa shape index (κ2) is 8.01. The number of amides is 1. The molecule has 0 spiro atoms. The van der Waals surface area contributed by atoms with Gasteiger partial charge < -0.3 is 19.7 Å². The van der Waals surface area contributed by atoms with Crippen molar-refractivity contribution in [3.63, 3.8) is 0 Å². The van der Waals surface area contributed by atoms with Crippen LogP contribution in [0.4, 0.5) is 15.0 Å². The molecule has 1 N–H and O–H groups in total. The first-order chi connectivity index (χ1) is 14.7. The van der Waals surface area contributed by atoms with E-state index in [2.05, 4.69) is 20.4 Å². The van der Waals surface area contributed by atoms with Gasteiger partial charge in [0.1, 0.15) is 23.3 Å². The standard InChI is InChI=1S/C21H25FN6O3/c1-21(2,3)31-20(29)27-11-13(22)15(12-27)25-17-7-5-6-14(24-17)16-10-23-18-8-9-19(30-4)26-28(16)18/h5-10,13,15H,11-12H2,1-4H3,(H,24,25)/t13-,15-/m0/s1. The van der Waals surface area contributed by atoms with E-state index in [1.807, 2.05) is 12.1 Å². The molecule has 9 nitrogen and oxygen atoms in total. The molecule has 1 aliphatic rings. The van der Waals surface area contributed by atoms with Gasteiger partial charge in [0.05, 0.1) is 31.6 Å². The maximum Gasteiger partial charge on any atom is 0.410 e. The molecule has 1 amide bonds. The van der Waals surface area contributed by atoms with Gasteiger partial charge in [0.25, 0.3) is 0 Å². The zero-order chi connectivity index (χ0) is 22.2. The van der Waals surface area contributed by atoms with E-state index in [-0.39, 0.29) is 13.1 Å². The number of alkyl halides is 1. The van der Waals surface area contributed by atoms with Gasteiger partial charge in [-0.15, -0.1) is 5.10 Å². The number of likely N-dealkylation sites (tertiary alicyclic amines) is 1. The number of nitrogens with zero attached hydrogens (tertiary/aromatic N) is 5. The van der Waals surface area contributed by atoms with Gasteiger partial charge in [-0.05, 0) is 39.0 Å². The fourth-order valence-electron chi connectivity index (χ4n) is 3.36. The minimum Gasteiger partial charge on any atom is -0.480 e. The fourth-order valence-corrected chi connectivity index (χ4v) is 3.36.